The van der Waals surface area contributed by atoms with Crippen LogP contribution in [-0.4, -0.2) is 57.3 Å². The van der Waals surface area contributed by atoms with Gasteiger partial charge in [-0.2, -0.15) is 0 Å². The van der Waals surface area contributed by atoms with Crippen LogP contribution in [0, 0.1) is 0 Å². The lowest BCUT2D eigenvalue weighted by atomic mass is 10.2. The predicted molar refractivity (Wildman–Crippen MR) is 82.8 cm³/mol. The van der Waals surface area contributed by atoms with E-state index in [9.17, 15) is 4.79 Å². The number of amides is 1. The molecule has 0 atom stereocenters. The third-order valence-corrected chi connectivity index (χ3v) is 3.51. The molecule has 116 valence electrons. The minimum absolute atomic E-state index is 0.0569. The second kappa shape index (κ2) is 8.59. The summed E-state index contributed by atoms with van der Waals surface area (Å²) >= 11 is 0. The van der Waals surface area contributed by atoms with E-state index >= 15 is 0 Å². The summed E-state index contributed by atoms with van der Waals surface area (Å²) in [6.45, 7) is 4.75. The Morgan fingerprint density at radius 3 is 2.90 bits per heavy atom. The first-order valence-corrected chi connectivity index (χ1v) is 7.50. The maximum atomic E-state index is 12.3. The molecule has 0 bridgehead atoms. The fourth-order valence-corrected chi connectivity index (χ4v) is 2.41. The molecule has 1 aromatic heterocycles. The zero-order valence-corrected chi connectivity index (χ0v) is 12.6. The van der Waals surface area contributed by atoms with E-state index < -0.39 is 0 Å². The van der Waals surface area contributed by atoms with Crippen molar-refractivity contribution in [2.24, 2.45) is 0 Å². The summed E-state index contributed by atoms with van der Waals surface area (Å²) in [5.41, 5.74) is 0.663. The summed E-state index contributed by atoms with van der Waals surface area (Å²) in [5.74, 6) is 0.749. The largest absolute Gasteiger partial charge is 0.383 e. The first-order chi connectivity index (χ1) is 10.3. The standard InChI is InChI=1S/C15H24N4O2/c1-21-12-9-16-7-8-18-15(20)13-5-4-6-17-14(13)19-10-2-3-11-19/h4-6,16H,2-3,7-12H2,1H3,(H,18,20). The molecule has 0 aliphatic carbocycles. The number of anilines is 1. The molecule has 2 rings (SSSR count). The van der Waals surface area contributed by atoms with E-state index in [-0.39, 0.29) is 5.91 Å². The topological polar surface area (TPSA) is 66.5 Å². The summed E-state index contributed by atoms with van der Waals surface area (Å²) in [6.07, 6.45) is 4.08. The molecule has 1 saturated heterocycles. The molecule has 1 amide bonds. The predicted octanol–water partition coefficient (Wildman–Crippen LogP) is 0.648. The van der Waals surface area contributed by atoms with Gasteiger partial charge in [-0.1, -0.05) is 0 Å². The van der Waals surface area contributed by atoms with Gasteiger partial charge in [-0.05, 0) is 25.0 Å². The first kappa shape index (κ1) is 15.7. The summed E-state index contributed by atoms with van der Waals surface area (Å²) < 4.78 is 4.95. The van der Waals surface area contributed by atoms with Crippen LogP contribution in [0.5, 0.6) is 0 Å². The van der Waals surface area contributed by atoms with Crippen LogP contribution < -0.4 is 15.5 Å². The number of carbonyl (C=O) groups is 1. The SMILES string of the molecule is COCCNCCNC(=O)c1cccnc1N1CCCC1. The number of methoxy groups -OCH3 is 1. The molecular formula is C15H24N4O2. The molecule has 2 heterocycles. The lowest BCUT2D eigenvalue weighted by Gasteiger charge is -2.19. The molecule has 0 aromatic carbocycles. The first-order valence-electron chi connectivity index (χ1n) is 7.50. The van der Waals surface area contributed by atoms with Crippen LogP contribution in [0.15, 0.2) is 18.3 Å². The molecule has 0 unspecified atom stereocenters. The van der Waals surface area contributed by atoms with Gasteiger partial charge in [0, 0.05) is 46.0 Å². The average Bonchev–Trinajstić information content (AvgIpc) is 3.05. The highest BCUT2D eigenvalue weighted by molar-refractivity contribution is 5.98. The van der Waals surface area contributed by atoms with Crippen molar-refractivity contribution in [3.8, 4) is 0 Å². The van der Waals surface area contributed by atoms with Crippen molar-refractivity contribution in [2.75, 3.05) is 51.3 Å². The maximum absolute atomic E-state index is 12.3. The zero-order chi connectivity index (χ0) is 14.9. The van der Waals surface area contributed by atoms with Crippen molar-refractivity contribution in [2.45, 2.75) is 12.8 Å². The highest BCUT2D eigenvalue weighted by Crippen LogP contribution is 2.21. The molecule has 6 nitrogen and oxygen atoms in total. The Bertz CT molecular complexity index is 447. The van der Waals surface area contributed by atoms with Crippen LogP contribution in [-0.2, 0) is 4.74 Å². The second-order valence-electron chi connectivity index (χ2n) is 5.07. The number of ether oxygens (including phenoxy) is 1. The van der Waals surface area contributed by atoms with Crippen molar-refractivity contribution >= 4 is 11.7 Å². The van der Waals surface area contributed by atoms with Crippen molar-refractivity contribution in [3.05, 3.63) is 23.9 Å². The van der Waals surface area contributed by atoms with Crippen molar-refractivity contribution < 1.29 is 9.53 Å². The van der Waals surface area contributed by atoms with E-state index in [4.69, 9.17) is 4.74 Å². The molecule has 0 saturated carbocycles. The Labute approximate surface area is 125 Å². The van der Waals surface area contributed by atoms with Gasteiger partial charge in [0.2, 0.25) is 0 Å². The van der Waals surface area contributed by atoms with Crippen LogP contribution in [0.2, 0.25) is 0 Å². The average molecular weight is 292 g/mol. The second-order valence-corrected chi connectivity index (χ2v) is 5.07. The Morgan fingerprint density at radius 2 is 2.14 bits per heavy atom. The molecule has 1 fully saturated rings. The quantitative estimate of drug-likeness (QED) is 0.689. The Balaban J connectivity index is 1.84. The van der Waals surface area contributed by atoms with E-state index in [2.05, 4.69) is 20.5 Å². The fourth-order valence-electron chi connectivity index (χ4n) is 2.41. The maximum Gasteiger partial charge on any atom is 0.255 e. The number of nitrogens with zero attached hydrogens (tertiary/aromatic N) is 2. The minimum Gasteiger partial charge on any atom is -0.383 e. The molecular weight excluding hydrogens is 268 g/mol. The molecule has 1 aliphatic heterocycles. The van der Waals surface area contributed by atoms with E-state index in [0.29, 0.717) is 18.7 Å². The third kappa shape index (κ3) is 4.68. The number of pyridine rings is 1. The van der Waals surface area contributed by atoms with Gasteiger partial charge in [-0.3, -0.25) is 4.79 Å². The van der Waals surface area contributed by atoms with E-state index in [1.807, 2.05) is 12.1 Å². The molecule has 6 heteroatoms. The van der Waals surface area contributed by atoms with Crippen LogP contribution in [0.3, 0.4) is 0 Å². The lowest BCUT2D eigenvalue weighted by Crippen LogP contribution is -2.34. The number of hydrogen-bond acceptors (Lipinski definition) is 5. The van der Waals surface area contributed by atoms with Crippen LogP contribution in [0.25, 0.3) is 0 Å². The molecule has 1 aromatic rings. The number of rotatable bonds is 8. The van der Waals surface area contributed by atoms with Crippen LogP contribution in [0.1, 0.15) is 23.2 Å². The fraction of sp³-hybridized carbons (Fsp3) is 0.600. The molecule has 0 radical (unpaired) electrons. The number of hydrogen-bond donors (Lipinski definition) is 2. The molecule has 0 spiro atoms. The van der Waals surface area contributed by atoms with Crippen molar-refractivity contribution in [1.82, 2.24) is 15.6 Å². The van der Waals surface area contributed by atoms with Gasteiger partial charge in [0.1, 0.15) is 5.82 Å². The summed E-state index contributed by atoms with van der Waals surface area (Å²) in [7, 11) is 1.67. The third-order valence-electron chi connectivity index (χ3n) is 3.51. The van der Waals surface area contributed by atoms with Gasteiger partial charge >= 0.3 is 0 Å². The van der Waals surface area contributed by atoms with Gasteiger partial charge in [0.05, 0.1) is 12.2 Å². The van der Waals surface area contributed by atoms with Crippen LogP contribution >= 0.6 is 0 Å². The molecule has 1 aliphatic rings. The van der Waals surface area contributed by atoms with E-state index in [1.54, 1.807) is 13.3 Å². The van der Waals surface area contributed by atoms with Crippen LogP contribution in [0.4, 0.5) is 5.82 Å². The normalized spacial score (nSPS) is 14.4. The monoisotopic (exact) mass is 292 g/mol. The van der Waals surface area contributed by atoms with E-state index in [1.165, 1.54) is 12.8 Å². The lowest BCUT2D eigenvalue weighted by molar-refractivity contribution is 0.0954. The highest BCUT2D eigenvalue weighted by Gasteiger charge is 2.20. The highest BCUT2D eigenvalue weighted by atomic mass is 16.5. The Kier molecular flexibility index (Phi) is 6.43. The number of aromatic nitrogens is 1. The summed E-state index contributed by atoms with van der Waals surface area (Å²) in [4.78, 5) is 18.9. The smallest absolute Gasteiger partial charge is 0.255 e. The summed E-state index contributed by atoms with van der Waals surface area (Å²) in [5, 5.41) is 6.13. The van der Waals surface area contributed by atoms with Crippen molar-refractivity contribution in [3.63, 3.8) is 0 Å². The van der Waals surface area contributed by atoms with E-state index in [0.717, 1.165) is 32.0 Å². The van der Waals surface area contributed by atoms with Gasteiger partial charge < -0.3 is 20.3 Å². The minimum atomic E-state index is -0.0569. The van der Waals surface area contributed by atoms with Crippen molar-refractivity contribution in [1.29, 1.82) is 0 Å². The van der Waals surface area contributed by atoms with Gasteiger partial charge in [0.15, 0.2) is 0 Å². The Hall–Kier alpha value is -1.66. The summed E-state index contributed by atoms with van der Waals surface area (Å²) in [6, 6.07) is 3.65. The zero-order valence-electron chi connectivity index (χ0n) is 12.6. The number of nitrogens with one attached hydrogen (secondary N) is 2. The number of carbonyl (C=O) groups excluding carboxylic acids is 1. The molecule has 21 heavy (non-hydrogen) atoms. The molecule has 2 N–H and O–H groups in total. The van der Waals surface area contributed by atoms with Gasteiger partial charge in [0.25, 0.3) is 5.91 Å². The van der Waals surface area contributed by atoms with Gasteiger partial charge in [-0.25, -0.2) is 4.98 Å². The Morgan fingerprint density at radius 1 is 1.33 bits per heavy atom. The van der Waals surface area contributed by atoms with Gasteiger partial charge in [-0.15, -0.1) is 0 Å².